The summed E-state index contributed by atoms with van der Waals surface area (Å²) < 4.78 is 4.92. The van der Waals surface area contributed by atoms with Gasteiger partial charge in [-0.15, -0.1) is 0 Å². The molecule has 0 heterocycles. The summed E-state index contributed by atoms with van der Waals surface area (Å²) in [5.41, 5.74) is 3.18. The molecule has 0 fully saturated rings. The second-order valence-corrected chi connectivity index (χ2v) is 4.35. The van der Waals surface area contributed by atoms with E-state index in [2.05, 4.69) is 0 Å². The number of nitrogens with two attached hydrogens (primary N) is 1. The average Bonchev–Trinajstić information content (AvgIpc) is 2.55. The first kappa shape index (κ1) is 19.1. The van der Waals surface area contributed by atoms with Gasteiger partial charge in [0, 0.05) is 0 Å². The third-order valence-electron chi connectivity index (χ3n) is 2.80. The zero-order chi connectivity index (χ0) is 19.1. The molecule has 0 unspecified atom stereocenters. The highest BCUT2D eigenvalue weighted by molar-refractivity contribution is 5.64. The molecule has 2 aromatic rings. The van der Waals surface area contributed by atoms with Crippen molar-refractivity contribution in [2.45, 2.75) is 0 Å². The number of nitro benzene ring substituents is 3. The van der Waals surface area contributed by atoms with Crippen molar-refractivity contribution in [2.24, 2.45) is 0 Å². The first-order chi connectivity index (χ1) is 11.7. The number of aromatic hydroxyl groups is 1. The minimum absolute atomic E-state index is 0.447. The maximum Gasteiger partial charge on any atom is 0.324 e. The lowest BCUT2D eigenvalue weighted by molar-refractivity contribution is -0.404. The van der Waals surface area contributed by atoms with Gasteiger partial charge in [-0.3, -0.25) is 30.3 Å². The number of hydrogen-bond donors (Lipinski definition) is 2. The highest BCUT2D eigenvalue weighted by atomic mass is 16.6. The van der Waals surface area contributed by atoms with Crippen LogP contribution in [-0.2, 0) is 0 Å². The Morgan fingerprint density at radius 3 is 1.76 bits per heavy atom. The Balaban J connectivity index is 0.000000293. The summed E-state index contributed by atoms with van der Waals surface area (Å²) in [7, 11) is 1.60. The van der Waals surface area contributed by atoms with Crippen molar-refractivity contribution in [2.75, 3.05) is 12.8 Å². The molecule has 0 radical (unpaired) electrons. The number of phenolic OH excluding ortho intramolecular Hbond substituents is 1. The first-order valence-corrected chi connectivity index (χ1v) is 6.37. The van der Waals surface area contributed by atoms with Gasteiger partial charge in [-0.05, 0) is 12.1 Å². The van der Waals surface area contributed by atoms with Crippen LogP contribution < -0.4 is 10.5 Å². The maximum atomic E-state index is 10.4. The zero-order valence-corrected chi connectivity index (χ0v) is 12.7. The number of methoxy groups -OCH3 is 1. The Hall–Kier alpha value is -3.96. The number of non-ortho nitro benzene ring substituents is 1. The first-order valence-electron chi connectivity index (χ1n) is 6.37. The number of nitro groups is 3. The molecule has 12 heteroatoms. The summed E-state index contributed by atoms with van der Waals surface area (Å²) in [4.78, 5) is 27.8. The highest BCUT2D eigenvalue weighted by Crippen LogP contribution is 2.38. The number of para-hydroxylation sites is 2. The third kappa shape index (κ3) is 4.75. The van der Waals surface area contributed by atoms with Crippen LogP contribution in [0, 0.1) is 30.3 Å². The molecule has 0 aliphatic carbocycles. The number of hydrogen-bond acceptors (Lipinski definition) is 9. The van der Waals surface area contributed by atoms with Gasteiger partial charge in [-0.1, -0.05) is 12.1 Å². The van der Waals surface area contributed by atoms with Gasteiger partial charge in [-0.2, -0.15) is 0 Å². The minimum Gasteiger partial charge on any atom is -0.497 e. The van der Waals surface area contributed by atoms with Crippen molar-refractivity contribution in [3.63, 3.8) is 0 Å². The summed E-state index contributed by atoms with van der Waals surface area (Å²) >= 11 is 0. The molecule has 2 rings (SSSR count). The lowest BCUT2D eigenvalue weighted by atomic mass is 10.2. The van der Waals surface area contributed by atoms with E-state index >= 15 is 0 Å². The van der Waals surface area contributed by atoms with Crippen LogP contribution >= 0.6 is 0 Å². The number of phenols is 1. The SMILES string of the molecule is COc1ccccc1N.O=[N+]([O-])c1cc([N+](=O)[O-])c(O)c([N+](=O)[O-])c1. The van der Waals surface area contributed by atoms with Crippen LogP contribution in [-0.4, -0.2) is 27.0 Å². The number of benzene rings is 2. The average molecular weight is 352 g/mol. The standard InChI is InChI=1S/C7H9NO.C6H3N3O7/c1-9-7-5-3-2-4-6(7)8;10-6-4(8(13)14)1-3(7(11)12)2-5(6)9(15)16/h2-5H,8H2,1H3;1-2,10H. The Bertz CT molecular complexity index is 788. The summed E-state index contributed by atoms with van der Waals surface area (Å²) in [6.45, 7) is 0. The summed E-state index contributed by atoms with van der Waals surface area (Å²) in [5, 5.41) is 40.2. The molecule has 0 aliphatic heterocycles. The largest absolute Gasteiger partial charge is 0.497 e. The van der Waals surface area contributed by atoms with Gasteiger partial charge >= 0.3 is 11.4 Å². The summed E-state index contributed by atoms with van der Waals surface area (Å²) in [6, 6.07) is 8.28. The van der Waals surface area contributed by atoms with E-state index in [0.29, 0.717) is 17.8 Å². The number of rotatable bonds is 4. The van der Waals surface area contributed by atoms with Crippen molar-refractivity contribution >= 4 is 22.7 Å². The van der Waals surface area contributed by atoms with Crippen LogP contribution in [0.2, 0.25) is 0 Å². The van der Waals surface area contributed by atoms with E-state index in [1.165, 1.54) is 0 Å². The molecule has 132 valence electrons. The molecule has 0 aromatic heterocycles. The monoisotopic (exact) mass is 352 g/mol. The molecule has 0 spiro atoms. The van der Waals surface area contributed by atoms with Crippen LogP contribution in [0.3, 0.4) is 0 Å². The fraction of sp³-hybridized carbons (Fsp3) is 0.0769. The van der Waals surface area contributed by atoms with Crippen molar-refractivity contribution in [1.29, 1.82) is 0 Å². The van der Waals surface area contributed by atoms with E-state index in [-0.39, 0.29) is 0 Å². The molecule has 12 nitrogen and oxygen atoms in total. The van der Waals surface area contributed by atoms with Crippen LogP contribution in [0.25, 0.3) is 0 Å². The Morgan fingerprint density at radius 2 is 1.44 bits per heavy atom. The predicted octanol–water partition coefficient (Wildman–Crippen LogP) is 2.39. The van der Waals surface area contributed by atoms with Gasteiger partial charge in [0.05, 0.1) is 39.7 Å². The molecule has 0 atom stereocenters. The van der Waals surface area contributed by atoms with Gasteiger partial charge in [0.15, 0.2) is 0 Å². The lowest BCUT2D eigenvalue weighted by Gasteiger charge is -2.00. The Labute approximate surface area is 139 Å². The maximum absolute atomic E-state index is 10.4. The second kappa shape index (κ2) is 8.05. The van der Waals surface area contributed by atoms with Crippen molar-refractivity contribution in [3.8, 4) is 11.5 Å². The topological polar surface area (TPSA) is 185 Å². The predicted molar refractivity (Wildman–Crippen MR) is 85.5 cm³/mol. The number of nitrogen functional groups attached to an aromatic ring is 1. The zero-order valence-electron chi connectivity index (χ0n) is 12.7. The number of anilines is 1. The Morgan fingerprint density at radius 1 is 0.960 bits per heavy atom. The van der Waals surface area contributed by atoms with Crippen molar-refractivity contribution in [3.05, 3.63) is 66.7 Å². The Kier molecular flexibility index (Phi) is 6.15. The lowest BCUT2D eigenvalue weighted by Crippen LogP contribution is -1.97. The normalized spacial score (nSPS) is 9.48. The van der Waals surface area contributed by atoms with E-state index < -0.39 is 37.6 Å². The minimum atomic E-state index is -1.21. The molecule has 25 heavy (non-hydrogen) atoms. The van der Waals surface area contributed by atoms with Crippen LogP contribution in [0.4, 0.5) is 22.7 Å². The summed E-state index contributed by atoms with van der Waals surface area (Å²) in [6.07, 6.45) is 0. The molecule has 0 saturated heterocycles. The molecule has 2 aromatic carbocycles. The molecule has 0 amide bonds. The van der Waals surface area contributed by atoms with Gasteiger partial charge in [0.2, 0.25) is 0 Å². The van der Waals surface area contributed by atoms with E-state index in [1.807, 2.05) is 18.2 Å². The molecule has 0 saturated carbocycles. The van der Waals surface area contributed by atoms with Crippen LogP contribution in [0.1, 0.15) is 0 Å². The molecular weight excluding hydrogens is 340 g/mol. The van der Waals surface area contributed by atoms with E-state index in [4.69, 9.17) is 15.6 Å². The number of ether oxygens (including phenoxy) is 1. The molecule has 0 aliphatic rings. The second-order valence-electron chi connectivity index (χ2n) is 4.35. The van der Waals surface area contributed by atoms with Gasteiger partial charge < -0.3 is 15.6 Å². The quantitative estimate of drug-likeness (QED) is 0.473. The van der Waals surface area contributed by atoms with Crippen molar-refractivity contribution < 1.29 is 24.6 Å². The fourth-order valence-electron chi connectivity index (χ4n) is 1.64. The van der Waals surface area contributed by atoms with E-state index in [9.17, 15) is 30.3 Å². The fourth-order valence-corrected chi connectivity index (χ4v) is 1.64. The highest BCUT2D eigenvalue weighted by Gasteiger charge is 2.30. The van der Waals surface area contributed by atoms with Crippen LogP contribution in [0.5, 0.6) is 11.5 Å². The molecule has 3 N–H and O–H groups in total. The van der Waals surface area contributed by atoms with Crippen LogP contribution in [0.15, 0.2) is 36.4 Å². The smallest absolute Gasteiger partial charge is 0.324 e. The third-order valence-corrected chi connectivity index (χ3v) is 2.80. The van der Waals surface area contributed by atoms with Crippen molar-refractivity contribution in [1.82, 2.24) is 0 Å². The van der Waals surface area contributed by atoms with Gasteiger partial charge in [0.25, 0.3) is 11.4 Å². The molecular formula is C13H12N4O8. The van der Waals surface area contributed by atoms with Gasteiger partial charge in [0.1, 0.15) is 5.75 Å². The van der Waals surface area contributed by atoms with E-state index in [1.54, 1.807) is 13.2 Å². The number of nitrogens with zero attached hydrogens (tertiary/aromatic N) is 3. The van der Waals surface area contributed by atoms with E-state index in [0.717, 1.165) is 5.75 Å². The molecule has 0 bridgehead atoms. The van der Waals surface area contributed by atoms with Gasteiger partial charge in [-0.25, -0.2) is 0 Å². The summed E-state index contributed by atoms with van der Waals surface area (Å²) in [5.74, 6) is -0.474.